The highest BCUT2D eigenvalue weighted by atomic mass is 32.1. The lowest BCUT2D eigenvalue weighted by Gasteiger charge is -2.19. The average molecular weight is 277 g/mol. The summed E-state index contributed by atoms with van der Waals surface area (Å²) in [4.78, 5) is 10.0. The van der Waals surface area contributed by atoms with Gasteiger partial charge in [-0.05, 0) is 31.7 Å². The zero-order chi connectivity index (χ0) is 13.8. The van der Waals surface area contributed by atoms with Gasteiger partial charge in [-0.1, -0.05) is 13.0 Å². The number of aromatic nitrogens is 2. The molecule has 0 bridgehead atoms. The standard InChI is InChI=1S/C13H19N5S/c1-4-10(11-6-5-7-19-11)17-12-8(2)13(18-14)16-9(3)15-12/h5-7,10H,4,14H2,1-3H3,(H2,15,16,17,18). The Hall–Kier alpha value is -1.66. The Bertz CT molecular complexity index is 538. The number of aryl methyl sites for hydroxylation is 1. The van der Waals surface area contributed by atoms with Crippen molar-refractivity contribution in [3.8, 4) is 0 Å². The molecule has 2 aromatic rings. The van der Waals surface area contributed by atoms with Crippen LogP contribution in [-0.4, -0.2) is 9.97 Å². The van der Waals surface area contributed by atoms with E-state index in [1.165, 1.54) is 4.88 Å². The lowest BCUT2D eigenvalue weighted by atomic mass is 10.2. The van der Waals surface area contributed by atoms with E-state index in [4.69, 9.17) is 5.84 Å². The molecule has 0 aromatic carbocycles. The lowest BCUT2D eigenvalue weighted by molar-refractivity contribution is 0.755. The third-order valence-corrected chi connectivity index (χ3v) is 3.99. The number of hydrogen-bond acceptors (Lipinski definition) is 6. The van der Waals surface area contributed by atoms with Crippen LogP contribution < -0.4 is 16.6 Å². The SMILES string of the molecule is CCC(Nc1nc(C)nc(NN)c1C)c1cccs1. The van der Waals surface area contributed by atoms with E-state index in [0.717, 1.165) is 17.8 Å². The molecule has 1 unspecified atom stereocenters. The fourth-order valence-corrected chi connectivity index (χ4v) is 2.80. The zero-order valence-electron chi connectivity index (χ0n) is 11.4. The minimum atomic E-state index is 0.263. The van der Waals surface area contributed by atoms with Crippen molar-refractivity contribution in [3.05, 3.63) is 33.8 Å². The smallest absolute Gasteiger partial charge is 0.148 e. The summed E-state index contributed by atoms with van der Waals surface area (Å²) in [6.45, 7) is 5.97. The van der Waals surface area contributed by atoms with Crippen LogP contribution in [-0.2, 0) is 0 Å². The first-order valence-electron chi connectivity index (χ1n) is 6.27. The van der Waals surface area contributed by atoms with Crippen molar-refractivity contribution in [1.29, 1.82) is 0 Å². The first-order valence-corrected chi connectivity index (χ1v) is 7.15. The molecular formula is C13H19N5S. The molecule has 6 heteroatoms. The van der Waals surface area contributed by atoms with Crippen LogP contribution >= 0.6 is 11.3 Å². The normalized spacial score (nSPS) is 12.2. The molecule has 0 saturated heterocycles. The summed E-state index contributed by atoms with van der Waals surface area (Å²) in [7, 11) is 0. The number of anilines is 2. The topological polar surface area (TPSA) is 75.9 Å². The summed E-state index contributed by atoms with van der Waals surface area (Å²) in [5, 5.41) is 5.57. The first-order chi connectivity index (χ1) is 9.15. The van der Waals surface area contributed by atoms with Gasteiger partial charge in [-0.2, -0.15) is 0 Å². The van der Waals surface area contributed by atoms with E-state index in [1.807, 2.05) is 13.8 Å². The monoisotopic (exact) mass is 277 g/mol. The Labute approximate surface area is 117 Å². The summed E-state index contributed by atoms with van der Waals surface area (Å²) >= 11 is 1.75. The van der Waals surface area contributed by atoms with Gasteiger partial charge in [0.05, 0.1) is 6.04 Å². The molecule has 1 atom stereocenters. The fourth-order valence-electron chi connectivity index (χ4n) is 1.94. The minimum Gasteiger partial charge on any atom is -0.362 e. The van der Waals surface area contributed by atoms with Crippen molar-refractivity contribution < 1.29 is 0 Å². The second-order valence-electron chi connectivity index (χ2n) is 4.36. The summed E-state index contributed by atoms with van der Waals surface area (Å²) in [5.74, 6) is 7.67. The molecule has 0 saturated carbocycles. The van der Waals surface area contributed by atoms with Gasteiger partial charge in [0.1, 0.15) is 17.5 Å². The van der Waals surface area contributed by atoms with Gasteiger partial charge in [0.25, 0.3) is 0 Å². The number of hydrogen-bond donors (Lipinski definition) is 3. The molecule has 2 rings (SSSR count). The Morgan fingerprint density at radius 3 is 2.63 bits per heavy atom. The number of nitrogens with zero attached hydrogens (tertiary/aromatic N) is 2. The highest BCUT2D eigenvalue weighted by Gasteiger charge is 2.14. The number of nitrogens with two attached hydrogens (primary N) is 1. The van der Waals surface area contributed by atoms with E-state index >= 15 is 0 Å². The van der Waals surface area contributed by atoms with E-state index in [9.17, 15) is 0 Å². The maximum Gasteiger partial charge on any atom is 0.148 e. The highest BCUT2D eigenvalue weighted by Crippen LogP contribution is 2.28. The molecule has 2 aromatic heterocycles. The Balaban J connectivity index is 2.29. The predicted octanol–water partition coefficient (Wildman–Crippen LogP) is 3.00. The van der Waals surface area contributed by atoms with Gasteiger partial charge < -0.3 is 10.7 Å². The molecule has 4 N–H and O–H groups in total. The highest BCUT2D eigenvalue weighted by molar-refractivity contribution is 7.10. The molecule has 5 nitrogen and oxygen atoms in total. The fraction of sp³-hybridized carbons (Fsp3) is 0.385. The number of rotatable bonds is 5. The van der Waals surface area contributed by atoms with Gasteiger partial charge in [0, 0.05) is 10.4 Å². The minimum absolute atomic E-state index is 0.263. The van der Waals surface area contributed by atoms with E-state index in [0.29, 0.717) is 11.6 Å². The molecular weight excluding hydrogens is 258 g/mol. The molecule has 0 aliphatic rings. The van der Waals surface area contributed by atoms with Crippen LogP contribution in [0, 0.1) is 13.8 Å². The molecule has 19 heavy (non-hydrogen) atoms. The van der Waals surface area contributed by atoms with Crippen LogP contribution in [0.1, 0.15) is 35.7 Å². The predicted molar refractivity (Wildman–Crippen MR) is 80.3 cm³/mol. The second kappa shape index (κ2) is 5.99. The lowest BCUT2D eigenvalue weighted by Crippen LogP contribution is -2.16. The molecule has 0 fully saturated rings. The first kappa shape index (κ1) is 13.8. The summed E-state index contributed by atoms with van der Waals surface area (Å²) in [6, 6.07) is 4.46. The molecule has 0 spiro atoms. The van der Waals surface area contributed by atoms with Crippen LogP contribution in [0.3, 0.4) is 0 Å². The van der Waals surface area contributed by atoms with Gasteiger partial charge in [0.2, 0.25) is 0 Å². The van der Waals surface area contributed by atoms with Crippen molar-refractivity contribution in [2.75, 3.05) is 10.7 Å². The van der Waals surface area contributed by atoms with Crippen molar-refractivity contribution >= 4 is 23.0 Å². The van der Waals surface area contributed by atoms with Crippen molar-refractivity contribution in [1.82, 2.24) is 9.97 Å². The number of nitrogens with one attached hydrogen (secondary N) is 2. The van der Waals surface area contributed by atoms with Crippen molar-refractivity contribution in [2.45, 2.75) is 33.2 Å². The Kier molecular flexibility index (Phi) is 4.34. The molecule has 2 heterocycles. The molecule has 0 amide bonds. The van der Waals surface area contributed by atoms with E-state index in [1.54, 1.807) is 11.3 Å². The zero-order valence-corrected chi connectivity index (χ0v) is 12.2. The van der Waals surface area contributed by atoms with Crippen molar-refractivity contribution in [3.63, 3.8) is 0 Å². The molecule has 0 radical (unpaired) electrons. The summed E-state index contributed by atoms with van der Waals surface area (Å²) in [5.41, 5.74) is 3.55. The molecule has 0 aliphatic carbocycles. The van der Waals surface area contributed by atoms with Crippen LogP contribution in [0.25, 0.3) is 0 Å². The van der Waals surface area contributed by atoms with E-state index < -0.39 is 0 Å². The van der Waals surface area contributed by atoms with Crippen LogP contribution in [0.4, 0.5) is 11.6 Å². The summed E-state index contributed by atoms with van der Waals surface area (Å²) in [6.07, 6.45) is 0.994. The van der Waals surface area contributed by atoms with Gasteiger partial charge in [-0.3, -0.25) is 0 Å². The van der Waals surface area contributed by atoms with Crippen LogP contribution in [0.5, 0.6) is 0 Å². The van der Waals surface area contributed by atoms with Gasteiger partial charge in [0.15, 0.2) is 0 Å². The molecule has 102 valence electrons. The quantitative estimate of drug-likeness (QED) is 0.578. The van der Waals surface area contributed by atoms with Gasteiger partial charge in [-0.15, -0.1) is 11.3 Å². The Morgan fingerprint density at radius 1 is 1.32 bits per heavy atom. The van der Waals surface area contributed by atoms with Crippen LogP contribution in [0.15, 0.2) is 17.5 Å². The number of nitrogen functional groups attached to an aromatic ring is 1. The van der Waals surface area contributed by atoms with Crippen LogP contribution in [0.2, 0.25) is 0 Å². The maximum atomic E-state index is 5.48. The Morgan fingerprint density at radius 2 is 2.05 bits per heavy atom. The second-order valence-corrected chi connectivity index (χ2v) is 5.34. The third kappa shape index (κ3) is 3.02. The van der Waals surface area contributed by atoms with E-state index in [-0.39, 0.29) is 6.04 Å². The largest absolute Gasteiger partial charge is 0.362 e. The average Bonchev–Trinajstić information content (AvgIpc) is 2.93. The summed E-state index contributed by atoms with van der Waals surface area (Å²) < 4.78 is 0. The third-order valence-electron chi connectivity index (χ3n) is 3.00. The maximum absolute atomic E-state index is 5.48. The van der Waals surface area contributed by atoms with Crippen molar-refractivity contribution in [2.24, 2.45) is 5.84 Å². The number of hydrazine groups is 1. The van der Waals surface area contributed by atoms with E-state index in [2.05, 4.69) is 45.1 Å². The number of thiophene rings is 1. The van der Waals surface area contributed by atoms with Gasteiger partial charge in [-0.25, -0.2) is 15.8 Å². The van der Waals surface area contributed by atoms with Gasteiger partial charge >= 0.3 is 0 Å². The molecule has 0 aliphatic heterocycles.